The van der Waals surface area contributed by atoms with Gasteiger partial charge in [0.25, 0.3) is 0 Å². The summed E-state index contributed by atoms with van der Waals surface area (Å²) in [7, 11) is 0. The molecule has 22 heavy (non-hydrogen) atoms. The zero-order valence-corrected chi connectivity index (χ0v) is 14.6. The zero-order chi connectivity index (χ0) is 17.0. The van der Waals surface area contributed by atoms with Crippen molar-refractivity contribution in [1.29, 1.82) is 0 Å². The molecule has 4 heteroatoms. The van der Waals surface area contributed by atoms with Crippen LogP contribution in [0.5, 0.6) is 0 Å². The third-order valence-corrected chi connectivity index (χ3v) is 5.11. The van der Waals surface area contributed by atoms with Crippen molar-refractivity contribution in [3.8, 4) is 0 Å². The molecule has 130 valence electrons. The number of aliphatic carboxylic acids is 2. The summed E-state index contributed by atoms with van der Waals surface area (Å²) >= 11 is 0. The minimum Gasteiger partial charge on any atom is -0.481 e. The van der Waals surface area contributed by atoms with Gasteiger partial charge in [-0.25, -0.2) is 0 Å². The van der Waals surface area contributed by atoms with Crippen LogP contribution in [0.15, 0.2) is 0 Å². The number of carboxylic acid groups (broad SMARTS) is 2. The van der Waals surface area contributed by atoms with Gasteiger partial charge in [-0.2, -0.15) is 0 Å². The Morgan fingerprint density at radius 1 is 0.864 bits per heavy atom. The highest BCUT2D eigenvalue weighted by molar-refractivity contribution is 5.74. The first-order valence-corrected chi connectivity index (χ1v) is 8.89. The molecule has 1 unspecified atom stereocenters. The lowest BCUT2D eigenvalue weighted by Crippen LogP contribution is -2.29. The molecule has 1 atom stereocenters. The third kappa shape index (κ3) is 7.28. The molecule has 0 aromatic heterocycles. The monoisotopic (exact) mass is 314 g/mol. The molecule has 0 spiro atoms. The van der Waals surface area contributed by atoms with E-state index in [0.29, 0.717) is 19.3 Å². The van der Waals surface area contributed by atoms with E-state index in [1.165, 1.54) is 0 Å². The van der Waals surface area contributed by atoms with Gasteiger partial charge >= 0.3 is 11.9 Å². The van der Waals surface area contributed by atoms with Crippen molar-refractivity contribution in [3.05, 3.63) is 0 Å². The molecule has 0 rings (SSSR count). The second-order valence-electron chi connectivity index (χ2n) is 6.40. The fraction of sp³-hybridized carbons (Fsp3) is 0.889. The predicted molar refractivity (Wildman–Crippen MR) is 89.0 cm³/mol. The van der Waals surface area contributed by atoms with E-state index < -0.39 is 17.4 Å². The average Bonchev–Trinajstić information content (AvgIpc) is 2.49. The molecule has 0 bridgehead atoms. The van der Waals surface area contributed by atoms with E-state index in [4.69, 9.17) is 5.11 Å². The average molecular weight is 314 g/mol. The second-order valence-corrected chi connectivity index (χ2v) is 6.40. The van der Waals surface area contributed by atoms with Crippen LogP contribution in [0, 0.1) is 11.3 Å². The first-order chi connectivity index (χ1) is 10.4. The lowest BCUT2D eigenvalue weighted by atomic mass is 9.78. The predicted octanol–water partition coefficient (Wildman–Crippen LogP) is 5.11. The minimum absolute atomic E-state index is 0.190. The smallest absolute Gasteiger partial charge is 0.309 e. The van der Waals surface area contributed by atoms with Crippen LogP contribution in [-0.4, -0.2) is 22.2 Å². The van der Waals surface area contributed by atoms with Crippen LogP contribution in [0.4, 0.5) is 0 Å². The molecule has 0 aliphatic carbocycles. The highest BCUT2D eigenvalue weighted by atomic mass is 16.4. The summed E-state index contributed by atoms with van der Waals surface area (Å²) in [4.78, 5) is 22.3. The molecular formula is C18H34O4. The summed E-state index contributed by atoms with van der Waals surface area (Å²) in [5, 5.41) is 18.3. The van der Waals surface area contributed by atoms with Gasteiger partial charge in [0.05, 0.1) is 11.3 Å². The molecule has 0 aromatic carbocycles. The maximum Gasteiger partial charge on any atom is 0.309 e. The van der Waals surface area contributed by atoms with Crippen molar-refractivity contribution in [2.75, 3.05) is 0 Å². The SMILES string of the molecule is CCC(CCCCCCCCC(CC)(CC)C(=O)O)C(=O)O. The largest absolute Gasteiger partial charge is 0.481 e. The molecule has 0 saturated heterocycles. The first kappa shape index (κ1) is 20.9. The van der Waals surface area contributed by atoms with E-state index in [-0.39, 0.29) is 5.92 Å². The van der Waals surface area contributed by atoms with Gasteiger partial charge in [-0.15, -0.1) is 0 Å². The van der Waals surface area contributed by atoms with Gasteiger partial charge in [-0.3, -0.25) is 9.59 Å². The Balaban J connectivity index is 3.74. The quantitative estimate of drug-likeness (QED) is 0.437. The molecule has 2 N–H and O–H groups in total. The van der Waals surface area contributed by atoms with E-state index in [1.54, 1.807) is 0 Å². The van der Waals surface area contributed by atoms with Crippen molar-refractivity contribution in [2.45, 2.75) is 91.4 Å². The van der Waals surface area contributed by atoms with Gasteiger partial charge in [0.15, 0.2) is 0 Å². The van der Waals surface area contributed by atoms with Gasteiger partial charge in [0, 0.05) is 0 Å². The molecule has 0 aromatic rings. The van der Waals surface area contributed by atoms with E-state index >= 15 is 0 Å². The van der Waals surface area contributed by atoms with Crippen molar-refractivity contribution in [1.82, 2.24) is 0 Å². The summed E-state index contributed by atoms with van der Waals surface area (Å²) in [6.07, 6.45) is 10.0. The number of carbonyl (C=O) groups is 2. The minimum atomic E-state index is -0.674. The third-order valence-electron chi connectivity index (χ3n) is 5.11. The van der Waals surface area contributed by atoms with Crippen LogP contribution in [0.1, 0.15) is 91.4 Å². The van der Waals surface area contributed by atoms with Crippen LogP contribution >= 0.6 is 0 Å². The summed E-state index contributed by atoms with van der Waals surface area (Å²) in [6, 6.07) is 0. The standard InChI is InChI=1S/C18H34O4/c1-4-15(16(19)20)13-11-9-7-8-10-12-14-18(5-2,6-3)17(21)22/h15H,4-14H2,1-3H3,(H,19,20)(H,21,22). The highest BCUT2D eigenvalue weighted by Crippen LogP contribution is 2.33. The number of hydrogen-bond donors (Lipinski definition) is 2. The van der Waals surface area contributed by atoms with Crippen LogP contribution < -0.4 is 0 Å². The van der Waals surface area contributed by atoms with Gasteiger partial charge in [-0.05, 0) is 32.1 Å². The highest BCUT2D eigenvalue weighted by Gasteiger charge is 2.33. The Morgan fingerprint density at radius 3 is 1.77 bits per heavy atom. The van der Waals surface area contributed by atoms with Crippen LogP contribution in [-0.2, 0) is 9.59 Å². The van der Waals surface area contributed by atoms with Gasteiger partial charge in [0.2, 0.25) is 0 Å². The Morgan fingerprint density at radius 2 is 1.36 bits per heavy atom. The fourth-order valence-corrected chi connectivity index (χ4v) is 3.08. The second kappa shape index (κ2) is 11.5. The summed E-state index contributed by atoms with van der Waals surface area (Å²) in [6.45, 7) is 5.85. The van der Waals surface area contributed by atoms with Gasteiger partial charge < -0.3 is 10.2 Å². The molecule has 0 aliphatic heterocycles. The van der Waals surface area contributed by atoms with E-state index in [1.807, 2.05) is 20.8 Å². The molecular weight excluding hydrogens is 280 g/mol. The lowest BCUT2D eigenvalue weighted by molar-refractivity contribution is -0.150. The Bertz CT molecular complexity index is 321. The molecule has 0 saturated carbocycles. The van der Waals surface area contributed by atoms with E-state index in [9.17, 15) is 14.7 Å². The lowest BCUT2D eigenvalue weighted by Gasteiger charge is -2.26. The number of carboxylic acids is 2. The maximum atomic E-state index is 11.4. The van der Waals surface area contributed by atoms with Crippen molar-refractivity contribution in [3.63, 3.8) is 0 Å². The number of unbranched alkanes of at least 4 members (excludes halogenated alkanes) is 5. The molecule has 0 heterocycles. The fourth-order valence-electron chi connectivity index (χ4n) is 3.08. The molecule has 0 radical (unpaired) electrons. The Hall–Kier alpha value is -1.06. The Labute approximate surface area is 135 Å². The Kier molecular flexibility index (Phi) is 10.9. The van der Waals surface area contributed by atoms with Crippen LogP contribution in [0.2, 0.25) is 0 Å². The van der Waals surface area contributed by atoms with Crippen LogP contribution in [0.25, 0.3) is 0 Å². The van der Waals surface area contributed by atoms with Crippen LogP contribution in [0.3, 0.4) is 0 Å². The molecule has 0 amide bonds. The maximum absolute atomic E-state index is 11.4. The molecule has 4 nitrogen and oxygen atoms in total. The summed E-state index contributed by atoms with van der Waals surface area (Å²) in [5.41, 5.74) is -0.532. The summed E-state index contributed by atoms with van der Waals surface area (Å²) in [5.74, 6) is -1.52. The first-order valence-electron chi connectivity index (χ1n) is 8.89. The topological polar surface area (TPSA) is 74.6 Å². The van der Waals surface area contributed by atoms with Gasteiger partial charge in [0.1, 0.15) is 0 Å². The van der Waals surface area contributed by atoms with E-state index in [2.05, 4.69) is 0 Å². The van der Waals surface area contributed by atoms with Gasteiger partial charge in [-0.1, -0.05) is 59.3 Å². The zero-order valence-electron chi connectivity index (χ0n) is 14.6. The normalized spacial score (nSPS) is 13.0. The number of rotatable bonds is 14. The summed E-state index contributed by atoms with van der Waals surface area (Å²) < 4.78 is 0. The van der Waals surface area contributed by atoms with Crippen molar-refractivity contribution >= 4 is 11.9 Å². The molecule has 0 aliphatic rings. The van der Waals surface area contributed by atoms with Crippen molar-refractivity contribution < 1.29 is 19.8 Å². The van der Waals surface area contributed by atoms with Crippen molar-refractivity contribution in [2.24, 2.45) is 11.3 Å². The number of hydrogen-bond acceptors (Lipinski definition) is 2. The molecule has 0 fully saturated rings. The van der Waals surface area contributed by atoms with E-state index in [0.717, 1.165) is 51.4 Å².